The summed E-state index contributed by atoms with van der Waals surface area (Å²) in [5, 5.41) is 3.65. The van der Waals surface area contributed by atoms with E-state index in [-0.39, 0.29) is 33.1 Å². The van der Waals surface area contributed by atoms with Gasteiger partial charge in [-0.1, -0.05) is 5.16 Å². The smallest absolute Gasteiger partial charge is 0.453 e. The molecule has 0 fully saturated rings. The highest BCUT2D eigenvalue weighted by Gasteiger charge is 2.57. The van der Waals surface area contributed by atoms with Crippen LogP contribution in [0.2, 0.25) is 0 Å². The number of nitrogens with one attached hydrogen (secondary N) is 1. The lowest BCUT2D eigenvalue weighted by Gasteiger charge is -2.21. The Bertz CT molecular complexity index is 1630. The van der Waals surface area contributed by atoms with Gasteiger partial charge < -0.3 is 9.26 Å². The quantitative estimate of drug-likeness (QED) is 0.338. The van der Waals surface area contributed by atoms with Crippen LogP contribution in [0.15, 0.2) is 69.0 Å². The maximum atomic E-state index is 14.7. The summed E-state index contributed by atoms with van der Waals surface area (Å²) in [6, 6.07) is 8.42. The number of alkyl halides is 5. The summed E-state index contributed by atoms with van der Waals surface area (Å²) < 4.78 is 118. The fourth-order valence-electron chi connectivity index (χ4n) is 3.50. The summed E-state index contributed by atoms with van der Waals surface area (Å²) in [7, 11) is -3.07. The van der Waals surface area contributed by atoms with Crippen molar-refractivity contribution < 1.29 is 44.0 Å². The molecule has 8 nitrogen and oxygen atoms in total. The first-order valence-corrected chi connectivity index (χ1v) is 11.6. The topological polar surface area (TPSA) is 103 Å². The number of nitrogens with zero attached hydrogens (tertiary/aromatic N) is 2. The number of sulfonamides is 1. The molecule has 196 valence electrons. The van der Waals surface area contributed by atoms with Gasteiger partial charge in [-0.05, 0) is 35.9 Å². The average molecular weight is 547 g/mol. The first-order chi connectivity index (χ1) is 17.2. The average Bonchev–Trinajstić information content (AvgIpc) is 3.31. The number of fused-ring (bicyclic) bond motifs is 1. The summed E-state index contributed by atoms with van der Waals surface area (Å²) in [5.74, 6) is -7.09. The lowest BCUT2D eigenvalue weighted by Crippen LogP contribution is -2.38. The number of aromatic nitrogens is 2. The van der Waals surface area contributed by atoms with E-state index in [4.69, 9.17) is 4.74 Å². The van der Waals surface area contributed by atoms with Crippen molar-refractivity contribution >= 4 is 26.7 Å². The summed E-state index contributed by atoms with van der Waals surface area (Å²) in [5.41, 5.74) is -1.96. The van der Waals surface area contributed by atoms with Crippen LogP contribution < -0.4 is 15.0 Å². The van der Waals surface area contributed by atoms with Crippen molar-refractivity contribution in [2.45, 2.75) is 23.4 Å². The monoisotopic (exact) mass is 547 g/mol. The Morgan fingerprint density at radius 2 is 1.78 bits per heavy atom. The molecule has 0 unspecified atom stereocenters. The van der Waals surface area contributed by atoms with Gasteiger partial charge in [0.2, 0.25) is 0 Å². The van der Waals surface area contributed by atoms with Crippen molar-refractivity contribution in [1.82, 2.24) is 9.72 Å². The Labute approximate surface area is 204 Å². The Kier molecular flexibility index (Phi) is 6.44. The molecule has 0 aliphatic rings. The molecule has 15 heteroatoms. The number of methoxy groups -OCH3 is 1. The third-order valence-electron chi connectivity index (χ3n) is 5.27. The van der Waals surface area contributed by atoms with Crippen molar-refractivity contribution in [3.63, 3.8) is 0 Å². The van der Waals surface area contributed by atoms with Crippen LogP contribution in [0.3, 0.4) is 0 Å². The molecule has 0 saturated heterocycles. The van der Waals surface area contributed by atoms with E-state index in [1.54, 1.807) is 0 Å². The zero-order valence-electron chi connectivity index (χ0n) is 18.5. The highest BCUT2D eigenvalue weighted by atomic mass is 32.2. The van der Waals surface area contributed by atoms with Gasteiger partial charge in [0, 0.05) is 30.0 Å². The van der Waals surface area contributed by atoms with E-state index in [1.165, 1.54) is 24.3 Å². The summed E-state index contributed by atoms with van der Waals surface area (Å²) in [6.45, 7) is 0. The molecule has 2 aromatic heterocycles. The van der Waals surface area contributed by atoms with E-state index < -0.39 is 45.5 Å². The van der Waals surface area contributed by atoms with E-state index in [9.17, 15) is 39.6 Å². The predicted molar refractivity (Wildman–Crippen MR) is 118 cm³/mol. The van der Waals surface area contributed by atoms with Gasteiger partial charge in [-0.15, -0.1) is 0 Å². The van der Waals surface area contributed by atoms with Crippen molar-refractivity contribution in [2.75, 3.05) is 11.8 Å². The highest BCUT2D eigenvalue weighted by molar-refractivity contribution is 7.92. The zero-order valence-corrected chi connectivity index (χ0v) is 19.3. The standard InChI is InChI=1S/C22H15F6N3O5S/c1-35-18-9-13(11-21(24,25)22(26,27)28)15(23)10-17(18)31-16-4-3-14(8-12(16)2-5-20(31)32)37(33,34)30-19-6-7-36-29-19/h2-10H,11H2,1H3,(H,29,30). The molecule has 37 heavy (non-hydrogen) atoms. The van der Waals surface area contributed by atoms with Gasteiger partial charge in [-0.25, -0.2) is 12.8 Å². The molecular formula is C22H15F6N3O5S. The third kappa shape index (κ3) is 4.98. The minimum atomic E-state index is -5.90. The highest BCUT2D eigenvalue weighted by Crippen LogP contribution is 2.40. The van der Waals surface area contributed by atoms with Gasteiger partial charge in [-0.2, -0.15) is 22.0 Å². The number of benzene rings is 2. The van der Waals surface area contributed by atoms with Crippen molar-refractivity contribution in [3.05, 3.63) is 76.5 Å². The van der Waals surface area contributed by atoms with Gasteiger partial charge in [-0.3, -0.25) is 14.1 Å². The van der Waals surface area contributed by atoms with Gasteiger partial charge in [0.25, 0.3) is 15.6 Å². The number of hydrogen-bond acceptors (Lipinski definition) is 6. The molecule has 2 aromatic carbocycles. The zero-order chi connectivity index (χ0) is 27.2. The lowest BCUT2D eigenvalue weighted by atomic mass is 10.0. The predicted octanol–water partition coefficient (Wildman–Crippen LogP) is 4.67. The van der Waals surface area contributed by atoms with Crippen LogP contribution in [0.25, 0.3) is 16.6 Å². The number of rotatable bonds is 7. The van der Waals surface area contributed by atoms with Gasteiger partial charge in [0.15, 0.2) is 5.82 Å². The molecule has 0 aliphatic heterocycles. The maximum absolute atomic E-state index is 14.7. The Morgan fingerprint density at radius 3 is 2.41 bits per heavy atom. The molecule has 0 spiro atoms. The molecule has 0 atom stereocenters. The third-order valence-corrected chi connectivity index (χ3v) is 6.62. The van der Waals surface area contributed by atoms with Crippen molar-refractivity contribution in [1.29, 1.82) is 0 Å². The van der Waals surface area contributed by atoms with Crippen LogP contribution in [0.1, 0.15) is 5.56 Å². The van der Waals surface area contributed by atoms with E-state index >= 15 is 0 Å². The molecule has 0 bridgehead atoms. The number of halogens is 6. The molecule has 0 saturated carbocycles. The Balaban J connectivity index is 1.82. The van der Waals surface area contributed by atoms with Crippen LogP contribution in [0.5, 0.6) is 5.75 Å². The Hall–Kier alpha value is -4.01. The second-order valence-electron chi connectivity index (χ2n) is 7.71. The maximum Gasteiger partial charge on any atom is 0.453 e. The first-order valence-electron chi connectivity index (χ1n) is 10.1. The van der Waals surface area contributed by atoms with Crippen molar-refractivity contribution in [2.24, 2.45) is 0 Å². The first kappa shape index (κ1) is 26.1. The number of ether oxygens (including phenoxy) is 1. The van der Waals surface area contributed by atoms with E-state index in [0.29, 0.717) is 12.1 Å². The summed E-state index contributed by atoms with van der Waals surface area (Å²) in [6.07, 6.45) is -6.74. The molecule has 4 aromatic rings. The SMILES string of the molecule is COc1cc(CC(F)(F)C(F)(F)F)c(F)cc1-n1c(=O)ccc2cc(S(=O)(=O)Nc3ccon3)ccc21. The van der Waals surface area contributed by atoms with Crippen LogP contribution in [0, 0.1) is 5.82 Å². The van der Waals surface area contributed by atoms with E-state index in [1.807, 2.05) is 0 Å². The largest absolute Gasteiger partial charge is 0.495 e. The number of hydrogen-bond donors (Lipinski definition) is 1. The molecule has 0 aliphatic carbocycles. The normalized spacial score (nSPS) is 12.6. The number of anilines is 1. The fraction of sp³-hybridized carbons (Fsp3) is 0.182. The van der Waals surface area contributed by atoms with E-state index in [0.717, 1.165) is 30.1 Å². The Morgan fingerprint density at radius 1 is 1.05 bits per heavy atom. The van der Waals surface area contributed by atoms with Crippen LogP contribution in [0.4, 0.5) is 32.2 Å². The summed E-state index contributed by atoms with van der Waals surface area (Å²) in [4.78, 5) is 12.5. The van der Waals surface area contributed by atoms with Crippen LogP contribution in [-0.2, 0) is 16.4 Å². The van der Waals surface area contributed by atoms with Gasteiger partial charge in [0.05, 0.1) is 23.2 Å². The van der Waals surface area contributed by atoms with E-state index in [2.05, 4.69) is 14.4 Å². The van der Waals surface area contributed by atoms with Gasteiger partial charge in [0.1, 0.15) is 17.8 Å². The lowest BCUT2D eigenvalue weighted by molar-refractivity contribution is -0.281. The molecule has 4 rings (SSSR count). The molecule has 1 N–H and O–H groups in total. The minimum Gasteiger partial charge on any atom is -0.495 e. The summed E-state index contributed by atoms with van der Waals surface area (Å²) >= 11 is 0. The number of pyridine rings is 1. The van der Waals surface area contributed by atoms with Gasteiger partial charge >= 0.3 is 12.1 Å². The van der Waals surface area contributed by atoms with Crippen molar-refractivity contribution in [3.8, 4) is 11.4 Å². The van der Waals surface area contributed by atoms with Crippen LogP contribution in [-0.4, -0.2) is 37.4 Å². The minimum absolute atomic E-state index is 0.0685. The fourth-order valence-corrected chi connectivity index (χ4v) is 4.53. The second-order valence-corrected chi connectivity index (χ2v) is 9.39. The molecule has 0 amide bonds. The second kappa shape index (κ2) is 9.14. The van der Waals surface area contributed by atoms with Crippen LogP contribution >= 0.6 is 0 Å². The molecular weight excluding hydrogens is 532 g/mol. The molecule has 2 heterocycles. The molecule has 0 radical (unpaired) electrons.